The maximum absolute atomic E-state index is 13.4. The van der Waals surface area contributed by atoms with Crippen LogP contribution in [0, 0.1) is 25.6 Å². The van der Waals surface area contributed by atoms with Crippen molar-refractivity contribution < 1.29 is 19.1 Å². The fourth-order valence-corrected chi connectivity index (χ4v) is 3.48. The van der Waals surface area contributed by atoms with Gasteiger partial charge in [-0.1, -0.05) is 32.0 Å². The normalized spacial score (nSPS) is 17.2. The lowest BCUT2D eigenvalue weighted by atomic mass is 9.91. The van der Waals surface area contributed by atoms with E-state index in [4.69, 9.17) is 0 Å². The summed E-state index contributed by atoms with van der Waals surface area (Å²) >= 11 is 0. The lowest BCUT2D eigenvalue weighted by Gasteiger charge is -2.28. The van der Waals surface area contributed by atoms with Crippen LogP contribution in [-0.2, 0) is 9.59 Å². The number of nitrogens with zero attached hydrogens (tertiary/aromatic N) is 1. The summed E-state index contributed by atoms with van der Waals surface area (Å²) in [5.41, 5.74) is 3.13. The molecule has 0 bridgehead atoms. The number of hydrogen-bond acceptors (Lipinski definition) is 3. The van der Waals surface area contributed by atoms with Crippen LogP contribution in [-0.4, -0.2) is 16.8 Å². The van der Waals surface area contributed by atoms with E-state index in [0.717, 1.165) is 11.1 Å². The van der Waals surface area contributed by atoms with E-state index in [-0.39, 0.29) is 11.4 Å². The highest BCUT2D eigenvalue weighted by molar-refractivity contribution is 6.16. The summed E-state index contributed by atoms with van der Waals surface area (Å²) in [6.07, 6.45) is 0. The summed E-state index contributed by atoms with van der Waals surface area (Å²) in [5, 5.41) is 10.5. The van der Waals surface area contributed by atoms with Crippen LogP contribution in [0.2, 0.25) is 0 Å². The van der Waals surface area contributed by atoms with Gasteiger partial charge in [-0.3, -0.25) is 14.5 Å². The van der Waals surface area contributed by atoms with Crippen molar-refractivity contribution in [3.8, 4) is 0 Å². The zero-order chi connectivity index (χ0) is 19.9. The monoisotopic (exact) mass is 367 g/mol. The van der Waals surface area contributed by atoms with E-state index in [1.54, 1.807) is 13.8 Å². The molecule has 4 nitrogen and oxygen atoms in total. The molecule has 1 unspecified atom stereocenters. The fourth-order valence-electron chi connectivity index (χ4n) is 3.48. The summed E-state index contributed by atoms with van der Waals surface area (Å²) in [5.74, 6) is -2.27. The van der Waals surface area contributed by atoms with Gasteiger partial charge in [-0.05, 0) is 54.8 Å². The maximum Gasteiger partial charge on any atom is 0.294 e. The second-order valence-electron chi connectivity index (χ2n) is 7.26. The molecule has 1 amide bonds. The predicted molar refractivity (Wildman–Crippen MR) is 102 cm³/mol. The molecule has 2 aromatic rings. The van der Waals surface area contributed by atoms with Crippen molar-refractivity contribution in [2.45, 2.75) is 33.7 Å². The van der Waals surface area contributed by atoms with Gasteiger partial charge in [0.25, 0.3) is 5.91 Å². The molecule has 27 heavy (non-hydrogen) atoms. The first-order valence-electron chi connectivity index (χ1n) is 8.85. The molecule has 3 rings (SSSR count). The van der Waals surface area contributed by atoms with Gasteiger partial charge in [0.2, 0.25) is 0 Å². The van der Waals surface area contributed by atoms with E-state index < -0.39 is 29.4 Å². The molecule has 0 fully saturated rings. The van der Waals surface area contributed by atoms with Crippen molar-refractivity contribution in [2.75, 3.05) is 4.90 Å². The van der Waals surface area contributed by atoms with Gasteiger partial charge in [-0.2, -0.15) is 0 Å². The molecule has 0 aromatic heterocycles. The van der Waals surface area contributed by atoms with Gasteiger partial charge in [0.15, 0.2) is 11.5 Å². The zero-order valence-electron chi connectivity index (χ0n) is 15.8. The Morgan fingerprint density at radius 1 is 1.07 bits per heavy atom. The number of rotatable bonds is 4. The van der Waals surface area contributed by atoms with Gasteiger partial charge in [-0.15, -0.1) is 0 Å². The maximum atomic E-state index is 13.4. The van der Waals surface area contributed by atoms with Crippen LogP contribution in [0.25, 0.3) is 0 Å². The quantitative estimate of drug-likeness (QED) is 0.861. The second kappa shape index (κ2) is 6.99. The Morgan fingerprint density at radius 2 is 1.63 bits per heavy atom. The number of aliphatic hydroxyl groups is 1. The Morgan fingerprint density at radius 3 is 2.15 bits per heavy atom. The Kier molecular flexibility index (Phi) is 4.87. The lowest BCUT2D eigenvalue weighted by molar-refractivity contribution is -0.119. The number of carbonyl (C=O) groups is 2. The molecule has 0 radical (unpaired) electrons. The zero-order valence-corrected chi connectivity index (χ0v) is 15.8. The van der Waals surface area contributed by atoms with E-state index >= 15 is 0 Å². The molecule has 0 aliphatic carbocycles. The van der Waals surface area contributed by atoms with Crippen molar-refractivity contribution in [3.05, 3.63) is 76.3 Å². The Bertz CT molecular complexity index is 924. The summed E-state index contributed by atoms with van der Waals surface area (Å²) in [6, 6.07) is 10.5. The summed E-state index contributed by atoms with van der Waals surface area (Å²) < 4.78 is 13.4. The minimum Gasteiger partial charge on any atom is -0.503 e. The largest absolute Gasteiger partial charge is 0.503 e. The van der Waals surface area contributed by atoms with E-state index in [2.05, 4.69) is 0 Å². The van der Waals surface area contributed by atoms with Gasteiger partial charge >= 0.3 is 0 Å². The summed E-state index contributed by atoms with van der Waals surface area (Å²) in [4.78, 5) is 27.1. The van der Waals surface area contributed by atoms with Crippen molar-refractivity contribution in [1.82, 2.24) is 0 Å². The molecule has 0 saturated heterocycles. The van der Waals surface area contributed by atoms with Crippen molar-refractivity contribution in [3.63, 3.8) is 0 Å². The first-order chi connectivity index (χ1) is 12.7. The Hall–Kier alpha value is -2.95. The number of aryl methyl sites for hydroxylation is 2. The molecule has 140 valence electrons. The van der Waals surface area contributed by atoms with E-state index in [9.17, 15) is 19.1 Å². The third-order valence-electron chi connectivity index (χ3n) is 4.67. The highest BCUT2D eigenvalue weighted by Gasteiger charge is 2.44. The van der Waals surface area contributed by atoms with Gasteiger partial charge in [0, 0.05) is 11.6 Å². The molecule has 1 heterocycles. The molecule has 0 spiro atoms. The number of aliphatic hydroxyl groups excluding tert-OH is 1. The molecule has 1 aliphatic heterocycles. The number of amides is 1. The highest BCUT2D eigenvalue weighted by atomic mass is 19.1. The van der Waals surface area contributed by atoms with Crippen LogP contribution in [0.3, 0.4) is 0 Å². The smallest absolute Gasteiger partial charge is 0.294 e. The molecule has 1 atom stereocenters. The van der Waals surface area contributed by atoms with Crippen LogP contribution in [0.15, 0.2) is 53.8 Å². The average molecular weight is 367 g/mol. The van der Waals surface area contributed by atoms with Crippen molar-refractivity contribution >= 4 is 17.4 Å². The molecule has 1 N–H and O–H groups in total. The van der Waals surface area contributed by atoms with E-state index in [1.807, 2.05) is 32.0 Å². The second-order valence-corrected chi connectivity index (χ2v) is 7.26. The van der Waals surface area contributed by atoms with Gasteiger partial charge < -0.3 is 5.11 Å². The first kappa shape index (κ1) is 18.8. The highest BCUT2D eigenvalue weighted by Crippen LogP contribution is 2.42. The summed E-state index contributed by atoms with van der Waals surface area (Å²) in [6.45, 7) is 7.26. The molecule has 5 heteroatoms. The SMILES string of the molecule is Cc1cc(C)cc(N2C(=O)C(O)=C(C(=O)C(C)C)C2c2ccc(F)cc2)c1. The van der Waals surface area contributed by atoms with Gasteiger partial charge in [0.05, 0.1) is 11.6 Å². The number of Topliss-reactive ketones (excluding diaryl/α,β-unsaturated/α-hetero) is 1. The molecule has 2 aromatic carbocycles. The van der Waals surface area contributed by atoms with Crippen LogP contribution < -0.4 is 4.90 Å². The van der Waals surface area contributed by atoms with Crippen LogP contribution >= 0.6 is 0 Å². The third kappa shape index (κ3) is 3.37. The first-order valence-corrected chi connectivity index (χ1v) is 8.85. The Balaban J connectivity index is 2.21. The fraction of sp³-hybridized carbons (Fsp3) is 0.273. The number of anilines is 1. The van der Waals surface area contributed by atoms with Crippen LogP contribution in [0.4, 0.5) is 10.1 Å². The van der Waals surface area contributed by atoms with Gasteiger partial charge in [0.1, 0.15) is 5.82 Å². The minimum atomic E-state index is -0.797. The molecule has 1 aliphatic rings. The molecular formula is C22H22FNO3. The number of halogens is 1. The van der Waals surface area contributed by atoms with Crippen molar-refractivity contribution in [2.24, 2.45) is 5.92 Å². The van der Waals surface area contributed by atoms with E-state index in [0.29, 0.717) is 11.3 Å². The standard InChI is InChI=1S/C22H22FNO3/c1-12(2)20(25)18-19(15-5-7-16(23)8-6-15)24(22(27)21(18)26)17-10-13(3)9-14(4)11-17/h5-12,19,26H,1-4H3. The molecule has 0 saturated carbocycles. The number of carbonyl (C=O) groups excluding carboxylic acids is 2. The summed E-state index contributed by atoms with van der Waals surface area (Å²) in [7, 11) is 0. The average Bonchev–Trinajstić information content (AvgIpc) is 2.85. The predicted octanol–water partition coefficient (Wildman–Crippen LogP) is 4.57. The van der Waals surface area contributed by atoms with Gasteiger partial charge in [-0.25, -0.2) is 4.39 Å². The third-order valence-corrected chi connectivity index (χ3v) is 4.67. The van der Waals surface area contributed by atoms with Crippen LogP contribution in [0.5, 0.6) is 0 Å². The Labute approximate surface area is 157 Å². The number of hydrogen-bond donors (Lipinski definition) is 1. The topological polar surface area (TPSA) is 57.6 Å². The van der Waals surface area contributed by atoms with Crippen molar-refractivity contribution in [1.29, 1.82) is 0 Å². The minimum absolute atomic E-state index is 0.0563. The number of benzene rings is 2. The number of ketones is 1. The van der Waals surface area contributed by atoms with E-state index in [1.165, 1.54) is 29.2 Å². The lowest BCUT2D eigenvalue weighted by Crippen LogP contribution is -2.31. The molecular weight excluding hydrogens is 345 g/mol. The van der Waals surface area contributed by atoms with Crippen LogP contribution in [0.1, 0.15) is 36.6 Å².